The van der Waals surface area contributed by atoms with E-state index in [1.807, 2.05) is 55.5 Å². The van der Waals surface area contributed by atoms with Crippen LogP contribution in [-0.2, 0) is 0 Å². The average molecular weight is 185 g/mol. The summed E-state index contributed by atoms with van der Waals surface area (Å²) in [6.45, 7) is 5.66. The van der Waals surface area contributed by atoms with Gasteiger partial charge in [0.15, 0.2) is 0 Å². The molecule has 14 heavy (non-hydrogen) atoms. The molecule has 0 aliphatic heterocycles. The number of benzene rings is 1. The summed E-state index contributed by atoms with van der Waals surface area (Å²) in [6.07, 6.45) is 7.71. The highest BCUT2D eigenvalue weighted by Gasteiger charge is 1.90. The third-order valence-corrected chi connectivity index (χ3v) is 1.71. The van der Waals surface area contributed by atoms with Gasteiger partial charge in [0, 0.05) is 11.4 Å². The highest BCUT2D eigenvalue weighted by atomic mass is 14.9. The number of para-hydroxylation sites is 1. The number of hydrogen-bond donors (Lipinski definition) is 1. The molecule has 0 aliphatic carbocycles. The van der Waals surface area contributed by atoms with Crippen LogP contribution in [0.3, 0.4) is 0 Å². The topological polar surface area (TPSA) is 12.0 Å². The number of anilines is 1. The third kappa shape index (κ3) is 3.31. The maximum Gasteiger partial charge on any atom is 0.0384 e. The summed E-state index contributed by atoms with van der Waals surface area (Å²) in [5.41, 5.74) is 2.12. The SMILES string of the molecule is C=C/C=C(\C=C/C)Nc1ccccc1. The minimum atomic E-state index is 1.04. The van der Waals surface area contributed by atoms with Crippen molar-refractivity contribution in [3.63, 3.8) is 0 Å². The molecule has 0 radical (unpaired) electrons. The minimum absolute atomic E-state index is 1.04. The summed E-state index contributed by atoms with van der Waals surface area (Å²) < 4.78 is 0. The van der Waals surface area contributed by atoms with Gasteiger partial charge in [-0.25, -0.2) is 0 Å². The average Bonchev–Trinajstić information content (AvgIpc) is 2.20. The van der Waals surface area contributed by atoms with Gasteiger partial charge in [-0.15, -0.1) is 0 Å². The van der Waals surface area contributed by atoms with E-state index in [-0.39, 0.29) is 0 Å². The molecule has 0 atom stereocenters. The molecular weight excluding hydrogens is 170 g/mol. The van der Waals surface area contributed by atoms with Gasteiger partial charge in [-0.2, -0.15) is 0 Å². The van der Waals surface area contributed by atoms with E-state index in [1.54, 1.807) is 6.08 Å². The quantitative estimate of drug-likeness (QED) is 0.704. The predicted octanol–water partition coefficient (Wildman–Crippen LogP) is 3.74. The Labute approximate surface area is 85.5 Å². The van der Waals surface area contributed by atoms with Crippen LogP contribution in [0.25, 0.3) is 0 Å². The number of rotatable bonds is 4. The summed E-state index contributed by atoms with van der Waals surface area (Å²) in [5.74, 6) is 0. The largest absolute Gasteiger partial charge is 0.356 e. The lowest BCUT2D eigenvalue weighted by atomic mass is 10.3. The standard InChI is InChI=1S/C13H15N/c1-3-8-12(9-4-2)14-13-10-6-5-7-11-13/h3-11,14H,1H2,2H3/b9-4-,12-8+. The van der Waals surface area contributed by atoms with Crippen LogP contribution in [0.5, 0.6) is 0 Å². The molecule has 0 amide bonds. The van der Waals surface area contributed by atoms with E-state index in [2.05, 4.69) is 11.9 Å². The highest BCUT2D eigenvalue weighted by Crippen LogP contribution is 2.09. The van der Waals surface area contributed by atoms with E-state index in [1.165, 1.54) is 0 Å². The molecule has 1 heteroatoms. The molecular formula is C13H15N. The fourth-order valence-corrected chi connectivity index (χ4v) is 1.13. The molecule has 0 heterocycles. The number of nitrogens with one attached hydrogen (secondary N) is 1. The molecule has 0 saturated carbocycles. The van der Waals surface area contributed by atoms with Gasteiger partial charge in [-0.3, -0.25) is 0 Å². The minimum Gasteiger partial charge on any atom is -0.356 e. The fourth-order valence-electron chi connectivity index (χ4n) is 1.13. The summed E-state index contributed by atoms with van der Waals surface area (Å²) in [4.78, 5) is 0. The van der Waals surface area contributed by atoms with Gasteiger partial charge in [-0.05, 0) is 31.2 Å². The van der Waals surface area contributed by atoms with Crippen LogP contribution in [0, 0.1) is 0 Å². The number of allylic oxidation sites excluding steroid dienone is 4. The summed E-state index contributed by atoms with van der Waals surface area (Å²) in [5, 5.41) is 3.28. The van der Waals surface area contributed by atoms with E-state index < -0.39 is 0 Å². The van der Waals surface area contributed by atoms with Crippen LogP contribution < -0.4 is 5.32 Å². The Balaban J connectivity index is 2.75. The molecule has 1 N–H and O–H groups in total. The highest BCUT2D eigenvalue weighted by molar-refractivity contribution is 5.50. The molecule has 1 aromatic carbocycles. The molecule has 1 aromatic rings. The van der Waals surface area contributed by atoms with Crippen molar-refractivity contribution in [1.29, 1.82) is 0 Å². The number of hydrogen-bond acceptors (Lipinski definition) is 1. The monoisotopic (exact) mass is 185 g/mol. The molecule has 1 rings (SSSR count). The zero-order valence-electron chi connectivity index (χ0n) is 8.40. The molecule has 0 bridgehead atoms. The second kappa shape index (κ2) is 5.81. The van der Waals surface area contributed by atoms with E-state index >= 15 is 0 Å². The lowest BCUT2D eigenvalue weighted by molar-refractivity contribution is 1.46. The molecule has 0 saturated heterocycles. The van der Waals surface area contributed by atoms with Gasteiger partial charge in [0.05, 0.1) is 0 Å². The second-order valence-electron chi connectivity index (χ2n) is 2.85. The Morgan fingerprint density at radius 1 is 1.29 bits per heavy atom. The Kier molecular flexibility index (Phi) is 4.29. The first kappa shape index (κ1) is 10.3. The van der Waals surface area contributed by atoms with E-state index in [4.69, 9.17) is 0 Å². The van der Waals surface area contributed by atoms with Crippen molar-refractivity contribution in [1.82, 2.24) is 0 Å². The second-order valence-corrected chi connectivity index (χ2v) is 2.85. The summed E-state index contributed by atoms with van der Waals surface area (Å²) >= 11 is 0. The predicted molar refractivity (Wildman–Crippen MR) is 63.2 cm³/mol. The Bertz CT molecular complexity index is 334. The van der Waals surface area contributed by atoms with Crippen LogP contribution in [0.4, 0.5) is 5.69 Å². The van der Waals surface area contributed by atoms with E-state index in [0.29, 0.717) is 0 Å². The Hall–Kier alpha value is -1.76. The molecule has 0 unspecified atom stereocenters. The van der Waals surface area contributed by atoms with Crippen molar-refractivity contribution in [2.75, 3.05) is 5.32 Å². The van der Waals surface area contributed by atoms with E-state index in [0.717, 1.165) is 11.4 Å². The first-order chi connectivity index (χ1) is 6.86. The smallest absolute Gasteiger partial charge is 0.0384 e. The lowest BCUT2D eigenvalue weighted by Crippen LogP contribution is -1.95. The summed E-state index contributed by atoms with van der Waals surface area (Å²) in [7, 11) is 0. The van der Waals surface area contributed by atoms with Crippen LogP contribution in [0.1, 0.15) is 6.92 Å². The van der Waals surface area contributed by atoms with Crippen molar-refractivity contribution in [2.45, 2.75) is 6.92 Å². The zero-order chi connectivity index (χ0) is 10.2. The van der Waals surface area contributed by atoms with Crippen molar-refractivity contribution < 1.29 is 0 Å². The molecule has 1 nitrogen and oxygen atoms in total. The maximum absolute atomic E-state index is 3.67. The zero-order valence-corrected chi connectivity index (χ0v) is 8.40. The van der Waals surface area contributed by atoms with Crippen LogP contribution in [-0.4, -0.2) is 0 Å². The van der Waals surface area contributed by atoms with Crippen molar-refractivity contribution >= 4 is 5.69 Å². The maximum atomic E-state index is 3.67. The molecule has 0 aromatic heterocycles. The van der Waals surface area contributed by atoms with Gasteiger partial charge in [0.25, 0.3) is 0 Å². The van der Waals surface area contributed by atoms with Gasteiger partial charge in [0.2, 0.25) is 0 Å². The van der Waals surface area contributed by atoms with Crippen molar-refractivity contribution in [3.05, 3.63) is 66.9 Å². The normalized spacial score (nSPS) is 11.6. The molecule has 0 spiro atoms. The van der Waals surface area contributed by atoms with Crippen molar-refractivity contribution in [2.24, 2.45) is 0 Å². The summed E-state index contributed by atoms with van der Waals surface area (Å²) in [6, 6.07) is 10.1. The van der Waals surface area contributed by atoms with Crippen LogP contribution in [0.2, 0.25) is 0 Å². The Morgan fingerprint density at radius 2 is 2.00 bits per heavy atom. The molecule has 0 fully saturated rings. The Morgan fingerprint density at radius 3 is 2.57 bits per heavy atom. The first-order valence-corrected chi connectivity index (χ1v) is 4.64. The molecule has 0 aliphatic rings. The fraction of sp³-hybridized carbons (Fsp3) is 0.0769. The lowest BCUT2D eigenvalue weighted by Gasteiger charge is -2.05. The van der Waals surface area contributed by atoms with Crippen LogP contribution in [0.15, 0.2) is 66.9 Å². The molecule has 72 valence electrons. The van der Waals surface area contributed by atoms with Gasteiger partial charge < -0.3 is 5.32 Å². The van der Waals surface area contributed by atoms with Crippen molar-refractivity contribution in [3.8, 4) is 0 Å². The van der Waals surface area contributed by atoms with Gasteiger partial charge in [0.1, 0.15) is 0 Å². The van der Waals surface area contributed by atoms with Gasteiger partial charge in [-0.1, -0.05) is 36.9 Å². The van der Waals surface area contributed by atoms with Gasteiger partial charge >= 0.3 is 0 Å². The third-order valence-electron chi connectivity index (χ3n) is 1.71. The van der Waals surface area contributed by atoms with Crippen LogP contribution >= 0.6 is 0 Å². The first-order valence-electron chi connectivity index (χ1n) is 4.64. The van der Waals surface area contributed by atoms with E-state index in [9.17, 15) is 0 Å².